The number of carbonyl (C=O) groups excluding carboxylic acids is 1. The van der Waals surface area contributed by atoms with Gasteiger partial charge in [0.2, 0.25) is 0 Å². The van der Waals surface area contributed by atoms with Crippen molar-refractivity contribution in [3.63, 3.8) is 0 Å². The van der Waals surface area contributed by atoms with Crippen molar-refractivity contribution >= 4 is 5.97 Å². The van der Waals surface area contributed by atoms with Crippen LogP contribution in [0, 0.1) is 0 Å². The molecule has 0 aliphatic carbocycles. The molecule has 1 aliphatic rings. The van der Waals surface area contributed by atoms with Crippen LogP contribution < -0.4 is 5.32 Å². The Bertz CT molecular complexity index is 151. The number of ether oxygens (including phenoxy) is 1. The van der Waals surface area contributed by atoms with Gasteiger partial charge < -0.3 is 10.1 Å². The van der Waals surface area contributed by atoms with Gasteiger partial charge in [-0.05, 0) is 6.92 Å². The first-order valence-corrected chi connectivity index (χ1v) is 3.78. The van der Waals surface area contributed by atoms with Crippen LogP contribution in [-0.2, 0) is 9.53 Å². The second-order valence-electron chi connectivity index (χ2n) is 2.55. The molecule has 1 fully saturated rings. The Labute approximate surface area is 64.9 Å². The van der Waals surface area contributed by atoms with Crippen LogP contribution >= 0.6 is 0 Å². The van der Waals surface area contributed by atoms with Crippen molar-refractivity contribution in [3.8, 4) is 0 Å². The molecule has 0 aromatic heterocycles. The van der Waals surface area contributed by atoms with Crippen molar-refractivity contribution in [1.82, 2.24) is 5.32 Å². The number of esters is 1. The molecular weight excluding hydrogens is 149 g/mol. The fourth-order valence-corrected chi connectivity index (χ4v) is 1.11. The van der Waals surface area contributed by atoms with E-state index in [2.05, 4.69) is 5.32 Å². The Morgan fingerprint density at radius 2 is 2.55 bits per heavy atom. The van der Waals surface area contributed by atoms with E-state index < -0.39 is 12.2 Å². The fraction of sp³-hybridized carbons (Fsp3) is 0.857. The van der Waals surface area contributed by atoms with E-state index in [1.165, 1.54) is 0 Å². The minimum Gasteiger partial charge on any atom is -0.465 e. The van der Waals surface area contributed by atoms with Crippen molar-refractivity contribution in [2.24, 2.45) is 0 Å². The van der Waals surface area contributed by atoms with Crippen LogP contribution in [0.3, 0.4) is 0 Å². The SMILES string of the molecule is CCOC(=O)[C@@H]1C[C@H](F)CN1. The van der Waals surface area contributed by atoms with Gasteiger partial charge in [-0.3, -0.25) is 4.79 Å². The smallest absolute Gasteiger partial charge is 0.323 e. The number of rotatable bonds is 2. The predicted octanol–water partition coefficient (Wildman–Crippen LogP) is 0.250. The van der Waals surface area contributed by atoms with E-state index in [-0.39, 0.29) is 18.9 Å². The van der Waals surface area contributed by atoms with E-state index >= 15 is 0 Å². The molecule has 0 bridgehead atoms. The molecule has 0 amide bonds. The highest BCUT2D eigenvalue weighted by molar-refractivity contribution is 5.76. The lowest BCUT2D eigenvalue weighted by molar-refractivity contribution is -0.145. The predicted molar refractivity (Wildman–Crippen MR) is 37.9 cm³/mol. The maximum Gasteiger partial charge on any atom is 0.323 e. The summed E-state index contributed by atoms with van der Waals surface area (Å²) in [5.74, 6) is -0.340. The molecule has 11 heavy (non-hydrogen) atoms. The van der Waals surface area contributed by atoms with Gasteiger partial charge in [-0.1, -0.05) is 0 Å². The van der Waals surface area contributed by atoms with Gasteiger partial charge in [0.15, 0.2) is 0 Å². The molecule has 0 aromatic carbocycles. The highest BCUT2D eigenvalue weighted by Crippen LogP contribution is 2.10. The first-order chi connectivity index (χ1) is 5.24. The number of hydrogen-bond donors (Lipinski definition) is 1. The van der Waals surface area contributed by atoms with Gasteiger partial charge in [-0.2, -0.15) is 0 Å². The summed E-state index contributed by atoms with van der Waals surface area (Å²) in [5.41, 5.74) is 0. The molecule has 2 atom stereocenters. The fourth-order valence-electron chi connectivity index (χ4n) is 1.11. The average Bonchev–Trinajstić information content (AvgIpc) is 2.36. The number of halogens is 1. The van der Waals surface area contributed by atoms with E-state index in [0.29, 0.717) is 6.61 Å². The first-order valence-electron chi connectivity index (χ1n) is 3.78. The summed E-state index contributed by atoms with van der Waals surface area (Å²) in [5, 5.41) is 2.74. The van der Waals surface area contributed by atoms with E-state index in [0.717, 1.165) is 0 Å². The monoisotopic (exact) mass is 161 g/mol. The Hall–Kier alpha value is -0.640. The quantitative estimate of drug-likeness (QED) is 0.590. The van der Waals surface area contributed by atoms with Crippen LogP contribution in [0.25, 0.3) is 0 Å². The summed E-state index contributed by atoms with van der Waals surface area (Å²) in [6.07, 6.45) is -0.650. The zero-order chi connectivity index (χ0) is 8.27. The third-order valence-electron chi connectivity index (χ3n) is 1.65. The number of nitrogens with one attached hydrogen (secondary N) is 1. The van der Waals surface area contributed by atoms with Gasteiger partial charge in [-0.15, -0.1) is 0 Å². The molecule has 0 aromatic rings. The Morgan fingerprint density at radius 1 is 1.82 bits per heavy atom. The lowest BCUT2D eigenvalue weighted by Crippen LogP contribution is -2.32. The number of alkyl halides is 1. The third kappa shape index (κ3) is 2.15. The van der Waals surface area contributed by atoms with Crippen molar-refractivity contribution in [1.29, 1.82) is 0 Å². The van der Waals surface area contributed by atoms with Gasteiger partial charge >= 0.3 is 5.97 Å². The van der Waals surface area contributed by atoms with Gasteiger partial charge in [0, 0.05) is 13.0 Å². The van der Waals surface area contributed by atoms with Crippen LogP contribution in [0.5, 0.6) is 0 Å². The van der Waals surface area contributed by atoms with Crippen molar-refractivity contribution < 1.29 is 13.9 Å². The van der Waals surface area contributed by atoms with Crippen LogP contribution in [0.4, 0.5) is 4.39 Å². The highest BCUT2D eigenvalue weighted by atomic mass is 19.1. The molecule has 1 N–H and O–H groups in total. The summed E-state index contributed by atoms with van der Waals surface area (Å²) in [6, 6.07) is -0.426. The van der Waals surface area contributed by atoms with Gasteiger partial charge in [-0.25, -0.2) is 4.39 Å². The molecule has 0 spiro atoms. The third-order valence-corrected chi connectivity index (χ3v) is 1.65. The normalized spacial score (nSPS) is 30.4. The second kappa shape index (κ2) is 3.67. The van der Waals surface area contributed by atoms with Crippen LogP contribution in [-0.4, -0.2) is 31.3 Å². The zero-order valence-corrected chi connectivity index (χ0v) is 6.47. The zero-order valence-electron chi connectivity index (χ0n) is 6.47. The molecule has 1 aliphatic heterocycles. The van der Waals surface area contributed by atoms with Crippen LogP contribution in [0.2, 0.25) is 0 Å². The Balaban J connectivity index is 2.31. The lowest BCUT2D eigenvalue weighted by Gasteiger charge is -2.07. The van der Waals surface area contributed by atoms with E-state index in [1.54, 1.807) is 6.92 Å². The van der Waals surface area contributed by atoms with Gasteiger partial charge in [0.25, 0.3) is 0 Å². The molecule has 1 heterocycles. The lowest BCUT2D eigenvalue weighted by atomic mass is 10.2. The molecule has 4 heteroatoms. The first kappa shape index (κ1) is 8.46. The molecule has 0 saturated carbocycles. The van der Waals surface area contributed by atoms with Crippen molar-refractivity contribution in [3.05, 3.63) is 0 Å². The standard InChI is InChI=1S/C7H12FNO2/c1-2-11-7(10)6-3-5(8)4-9-6/h5-6,9H,2-4H2,1H3/t5-,6-/m0/s1. The summed E-state index contributed by atoms with van der Waals surface area (Å²) in [7, 11) is 0. The summed E-state index contributed by atoms with van der Waals surface area (Å²) >= 11 is 0. The molecule has 1 rings (SSSR count). The molecule has 64 valence electrons. The van der Waals surface area contributed by atoms with Crippen LogP contribution in [0.1, 0.15) is 13.3 Å². The van der Waals surface area contributed by atoms with E-state index in [4.69, 9.17) is 4.74 Å². The highest BCUT2D eigenvalue weighted by Gasteiger charge is 2.29. The maximum atomic E-state index is 12.5. The minimum atomic E-state index is -0.899. The minimum absolute atomic E-state index is 0.249. The van der Waals surface area contributed by atoms with E-state index in [1.807, 2.05) is 0 Å². The average molecular weight is 161 g/mol. The molecular formula is C7H12FNO2. The summed E-state index contributed by atoms with van der Waals surface area (Å²) in [4.78, 5) is 10.9. The van der Waals surface area contributed by atoms with Crippen molar-refractivity contribution in [2.45, 2.75) is 25.6 Å². The Morgan fingerprint density at radius 3 is 3.00 bits per heavy atom. The molecule has 0 radical (unpaired) electrons. The Kier molecular flexibility index (Phi) is 2.82. The number of hydrogen-bond acceptors (Lipinski definition) is 3. The largest absolute Gasteiger partial charge is 0.465 e. The molecule has 0 unspecified atom stereocenters. The number of carbonyl (C=O) groups is 1. The summed E-state index contributed by atoms with van der Waals surface area (Å²) in [6.45, 7) is 2.36. The summed E-state index contributed by atoms with van der Waals surface area (Å²) < 4.78 is 17.2. The second-order valence-corrected chi connectivity index (χ2v) is 2.55. The maximum absolute atomic E-state index is 12.5. The van der Waals surface area contributed by atoms with Crippen LogP contribution in [0.15, 0.2) is 0 Å². The molecule has 3 nitrogen and oxygen atoms in total. The van der Waals surface area contributed by atoms with E-state index in [9.17, 15) is 9.18 Å². The van der Waals surface area contributed by atoms with Gasteiger partial charge in [0.1, 0.15) is 12.2 Å². The molecule has 1 saturated heterocycles. The topological polar surface area (TPSA) is 38.3 Å². The van der Waals surface area contributed by atoms with Crippen molar-refractivity contribution in [2.75, 3.05) is 13.2 Å². The van der Waals surface area contributed by atoms with Gasteiger partial charge in [0.05, 0.1) is 6.61 Å².